The lowest BCUT2D eigenvalue weighted by molar-refractivity contribution is -0.418. The van der Waals surface area contributed by atoms with Gasteiger partial charge in [0.25, 0.3) is 5.70 Å². The Morgan fingerprint density at radius 3 is 2.54 bits per heavy atom. The van der Waals surface area contributed by atoms with E-state index in [4.69, 9.17) is 4.74 Å². The normalized spacial score (nSPS) is 10.9. The van der Waals surface area contributed by atoms with E-state index in [1.54, 1.807) is 25.4 Å². The monoisotopic (exact) mass is 331 g/mol. The maximum Gasteiger partial charge on any atom is 0.268 e. The Morgan fingerprint density at radius 1 is 1.29 bits per heavy atom. The van der Waals surface area contributed by atoms with E-state index in [2.05, 4.69) is 16.5 Å². The largest absolute Gasteiger partial charge is 0.461 e. The minimum atomic E-state index is -0.506. The molecule has 24 heavy (non-hydrogen) atoms. The topological polar surface area (TPSA) is 81.0 Å². The van der Waals surface area contributed by atoms with Gasteiger partial charge in [0.15, 0.2) is 0 Å². The van der Waals surface area contributed by atoms with Crippen LogP contribution in [0.2, 0.25) is 0 Å². The zero-order valence-corrected chi connectivity index (χ0v) is 14.9. The summed E-state index contributed by atoms with van der Waals surface area (Å²) in [4.78, 5) is 17.3. The lowest BCUT2D eigenvalue weighted by atomic mass is 10.3. The molecule has 6 heteroatoms. The van der Waals surface area contributed by atoms with Gasteiger partial charge < -0.3 is 9.72 Å². The standard InChI is InChI=1S/C14H13N3O3.2C2H6/c1-3-11(17(18)19)5-4-10(2)20-13-7-9-16-14-12(13)6-8-15-14;2*1-2/h3-9H,1H2,2H3,(H,15,16);2*1-2H3/b10-4+,11-5+;;. The highest BCUT2D eigenvalue weighted by atomic mass is 16.6. The fourth-order valence-corrected chi connectivity index (χ4v) is 1.64. The van der Waals surface area contributed by atoms with Crippen LogP contribution in [0.25, 0.3) is 11.0 Å². The van der Waals surface area contributed by atoms with Crippen LogP contribution in [-0.4, -0.2) is 14.9 Å². The predicted molar refractivity (Wildman–Crippen MR) is 98.4 cm³/mol. The summed E-state index contributed by atoms with van der Waals surface area (Å²) in [6.45, 7) is 13.1. The van der Waals surface area contributed by atoms with E-state index in [0.717, 1.165) is 11.0 Å². The van der Waals surface area contributed by atoms with Crippen molar-refractivity contribution in [3.63, 3.8) is 0 Å². The van der Waals surface area contributed by atoms with E-state index in [1.807, 2.05) is 33.8 Å². The number of rotatable bonds is 5. The lowest BCUT2D eigenvalue weighted by Crippen LogP contribution is -1.95. The van der Waals surface area contributed by atoms with Crippen molar-refractivity contribution in [1.29, 1.82) is 0 Å². The molecule has 0 aliphatic carbocycles. The quantitative estimate of drug-likeness (QED) is 0.351. The number of nitro groups is 1. The molecule has 0 atom stereocenters. The van der Waals surface area contributed by atoms with Gasteiger partial charge in [0, 0.05) is 24.5 Å². The number of hydrogen-bond donors (Lipinski definition) is 1. The summed E-state index contributed by atoms with van der Waals surface area (Å²) in [6, 6.07) is 3.59. The van der Waals surface area contributed by atoms with Crippen molar-refractivity contribution >= 4 is 11.0 Å². The molecule has 6 nitrogen and oxygen atoms in total. The van der Waals surface area contributed by atoms with Gasteiger partial charge in [0.2, 0.25) is 0 Å². The van der Waals surface area contributed by atoms with Gasteiger partial charge in [-0.2, -0.15) is 0 Å². The number of H-pyrrole nitrogens is 1. The molecular formula is C18H25N3O3. The highest BCUT2D eigenvalue weighted by molar-refractivity contribution is 5.82. The average molecular weight is 331 g/mol. The third-order valence-electron chi connectivity index (χ3n) is 2.60. The van der Waals surface area contributed by atoms with Gasteiger partial charge in [-0.15, -0.1) is 0 Å². The van der Waals surface area contributed by atoms with Crippen molar-refractivity contribution in [2.75, 3.05) is 0 Å². The minimum absolute atomic E-state index is 0.0885. The number of allylic oxidation sites excluding steroid dienone is 4. The summed E-state index contributed by atoms with van der Waals surface area (Å²) in [6.07, 6.45) is 7.45. The average Bonchev–Trinajstić information content (AvgIpc) is 3.08. The highest BCUT2D eigenvalue weighted by Crippen LogP contribution is 2.24. The number of pyridine rings is 1. The van der Waals surface area contributed by atoms with Gasteiger partial charge in [0.05, 0.1) is 10.3 Å². The molecule has 0 amide bonds. The van der Waals surface area contributed by atoms with Gasteiger partial charge in [-0.05, 0) is 25.1 Å². The molecular weight excluding hydrogens is 306 g/mol. The number of aromatic amines is 1. The van der Waals surface area contributed by atoms with Crippen LogP contribution < -0.4 is 4.74 Å². The van der Waals surface area contributed by atoms with E-state index >= 15 is 0 Å². The van der Waals surface area contributed by atoms with E-state index in [1.165, 1.54) is 18.2 Å². The third kappa shape index (κ3) is 6.08. The van der Waals surface area contributed by atoms with Crippen molar-refractivity contribution in [2.45, 2.75) is 34.6 Å². The molecule has 0 fully saturated rings. The van der Waals surface area contributed by atoms with Gasteiger partial charge in [-0.3, -0.25) is 10.1 Å². The van der Waals surface area contributed by atoms with Crippen LogP contribution in [0.15, 0.2) is 60.8 Å². The molecule has 2 rings (SSSR count). The van der Waals surface area contributed by atoms with Crippen molar-refractivity contribution in [3.05, 3.63) is 70.9 Å². The first kappa shape index (κ1) is 21.1. The second kappa shape index (κ2) is 11.6. The first-order chi connectivity index (χ1) is 11.6. The number of ether oxygens (including phenoxy) is 1. The maximum atomic E-state index is 10.6. The summed E-state index contributed by atoms with van der Waals surface area (Å²) in [5, 5.41) is 11.5. The molecule has 130 valence electrons. The van der Waals surface area contributed by atoms with Gasteiger partial charge in [-0.1, -0.05) is 34.3 Å². The molecule has 1 N–H and O–H groups in total. The van der Waals surface area contributed by atoms with Crippen LogP contribution in [0.5, 0.6) is 5.75 Å². The summed E-state index contributed by atoms with van der Waals surface area (Å²) in [5.41, 5.74) is 0.636. The smallest absolute Gasteiger partial charge is 0.268 e. The SMILES string of the molecule is C=C/C(=C\C=C(/C)Oc1ccnc2[nH]ccc12)[N+](=O)[O-].CC.CC. The van der Waals surface area contributed by atoms with Crippen molar-refractivity contribution < 1.29 is 9.66 Å². The van der Waals surface area contributed by atoms with E-state index < -0.39 is 4.92 Å². The molecule has 2 aromatic rings. The Hall–Kier alpha value is -2.89. The first-order valence-corrected chi connectivity index (χ1v) is 7.87. The fourth-order valence-electron chi connectivity index (χ4n) is 1.64. The van der Waals surface area contributed by atoms with E-state index in [9.17, 15) is 10.1 Å². The van der Waals surface area contributed by atoms with Crippen LogP contribution in [-0.2, 0) is 0 Å². The summed E-state index contributed by atoms with van der Waals surface area (Å²) in [5.74, 6) is 1.17. The van der Waals surface area contributed by atoms with Crippen molar-refractivity contribution in [2.24, 2.45) is 0 Å². The van der Waals surface area contributed by atoms with E-state index in [-0.39, 0.29) is 5.70 Å². The molecule has 0 spiro atoms. The van der Waals surface area contributed by atoms with E-state index in [0.29, 0.717) is 11.5 Å². The Labute approximate surface area is 142 Å². The Morgan fingerprint density at radius 2 is 1.96 bits per heavy atom. The van der Waals surface area contributed by atoms with Crippen LogP contribution in [0.3, 0.4) is 0 Å². The van der Waals surface area contributed by atoms with Crippen LogP contribution >= 0.6 is 0 Å². The number of aromatic nitrogens is 2. The van der Waals surface area contributed by atoms with Crippen LogP contribution in [0.4, 0.5) is 0 Å². The Balaban J connectivity index is 0.00000123. The lowest BCUT2D eigenvalue weighted by Gasteiger charge is -2.05. The summed E-state index contributed by atoms with van der Waals surface area (Å²) < 4.78 is 5.66. The molecule has 0 saturated heterocycles. The third-order valence-corrected chi connectivity index (χ3v) is 2.60. The van der Waals surface area contributed by atoms with Crippen LogP contribution in [0.1, 0.15) is 34.6 Å². The van der Waals surface area contributed by atoms with Gasteiger partial charge in [0.1, 0.15) is 17.2 Å². The Kier molecular flexibility index (Phi) is 10.2. The van der Waals surface area contributed by atoms with Gasteiger partial charge >= 0.3 is 0 Å². The zero-order chi connectivity index (χ0) is 18.5. The molecule has 0 radical (unpaired) electrons. The summed E-state index contributed by atoms with van der Waals surface area (Å²) >= 11 is 0. The fraction of sp³-hybridized carbons (Fsp3) is 0.278. The molecule has 2 aromatic heterocycles. The molecule has 0 saturated carbocycles. The molecule has 0 unspecified atom stereocenters. The molecule has 0 bridgehead atoms. The number of nitrogens with one attached hydrogen (secondary N) is 1. The molecule has 0 aliphatic heterocycles. The number of hydrogen-bond acceptors (Lipinski definition) is 4. The second-order valence-electron chi connectivity index (χ2n) is 3.98. The number of nitrogens with zero attached hydrogens (tertiary/aromatic N) is 2. The number of fused-ring (bicyclic) bond motifs is 1. The predicted octanol–water partition coefficient (Wildman–Crippen LogP) is 5.24. The Bertz CT molecular complexity index is 715. The first-order valence-electron chi connectivity index (χ1n) is 7.87. The van der Waals surface area contributed by atoms with Crippen molar-refractivity contribution in [3.8, 4) is 5.75 Å². The summed E-state index contributed by atoms with van der Waals surface area (Å²) in [7, 11) is 0. The van der Waals surface area contributed by atoms with Crippen molar-refractivity contribution in [1.82, 2.24) is 9.97 Å². The second-order valence-corrected chi connectivity index (χ2v) is 3.98. The van der Waals surface area contributed by atoms with Crippen LogP contribution in [0, 0.1) is 10.1 Å². The molecule has 0 aliphatic rings. The minimum Gasteiger partial charge on any atom is -0.461 e. The highest BCUT2D eigenvalue weighted by Gasteiger charge is 2.05. The molecule has 0 aromatic carbocycles. The maximum absolute atomic E-state index is 10.6. The molecule has 2 heterocycles. The zero-order valence-electron chi connectivity index (χ0n) is 14.9. The van der Waals surface area contributed by atoms with Gasteiger partial charge in [-0.25, -0.2) is 4.98 Å².